The topological polar surface area (TPSA) is 52.5 Å². The highest BCUT2D eigenvalue weighted by molar-refractivity contribution is 5.29. The third-order valence-electron chi connectivity index (χ3n) is 3.44. The molecule has 0 saturated heterocycles. The molecule has 0 aromatic heterocycles. The first kappa shape index (κ1) is 14.6. The molecular weight excluding hydrogens is 250 g/mol. The molecule has 0 aliphatic carbocycles. The predicted octanol–water partition coefficient (Wildman–Crippen LogP) is 3.17. The number of aliphatic hydroxyl groups is 1. The molecule has 2 aromatic rings. The van der Waals surface area contributed by atoms with Crippen molar-refractivity contribution < 1.29 is 10.2 Å². The number of aliphatic hydroxyl groups excluding tert-OH is 1. The summed E-state index contributed by atoms with van der Waals surface area (Å²) in [4.78, 5) is 0. The van der Waals surface area contributed by atoms with Crippen LogP contribution in [0.3, 0.4) is 0 Å². The fraction of sp³-hybridized carbons (Fsp3) is 0.294. The Morgan fingerprint density at radius 3 is 2.35 bits per heavy atom. The van der Waals surface area contributed by atoms with Gasteiger partial charge in [-0.3, -0.25) is 0 Å². The van der Waals surface area contributed by atoms with Gasteiger partial charge in [0.2, 0.25) is 0 Å². The fourth-order valence-corrected chi connectivity index (χ4v) is 2.35. The van der Waals surface area contributed by atoms with Crippen LogP contribution in [0, 0.1) is 0 Å². The maximum atomic E-state index is 9.55. The minimum atomic E-state index is 0.0959. The van der Waals surface area contributed by atoms with Gasteiger partial charge in [-0.25, -0.2) is 0 Å². The molecule has 3 nitrogen and oxygen atoms in total. The van der Waals surface area contributed by atoms with E-state index in [1.807, 2.05) is 30.3 Å². The van der Waals surface area contributed by atoms with E-state index in [9.17, 15) is 10.2 Å². The summed E-state index contributed by atoms with van der Waals surface area (Å²) in [5.41, 5.74) is 2.19. The van der Waals surface area contributed by atoms with Crippen molar-refractivity contribution in [2.24, 2.45) is 0 Å². The monoisotopic (exact) mass is 271 g/mol. The average Bonchev–Trinajstić information content (AvgIpc) is 2.47. The SMILES string of the molecule is CC(N[C@H](CCO)c1ccccc1)c1cccc(O)c1. The Kier molecular flexibility index (Phi) is 5.16. The van der Waals surface area contributed by atoms with Crippen LogP contribution in [-0.4, -0.2) is 16.8 Å². The van der Waals surface area contributed by atoms with Crippen LogP contribution in [0.1, 0.15) is 36.6 Å². The third-order valence-corrected chi connectivity index (χ3v) is 3.44. The summed E-state index contributed by atoms with van der Waals surface area (Å²) in [6.07, 6.45) is 0.660. The Morgan fingerprint density at radius 2 is 1.70 bits per heavy atom. The molecule has 0 fully saturated rings. The van der Waals surface area contributed by atoms with E-state index in [1.165, 1.54) is 0 Å². The standard InChI is InChI=1S/C17H21NO2/c1-13(15-8-5-9-16(20)12-15)18-17(10-11-19)14-6-3-2-4-7-14/h2-9,12-13,17-20H,10-11H2,1H3/t13?,17-/m1/s1. The van der Waals surface area contributed by atoms with Crippen molar-refractivity contribution in [1.82, 2.24) is 5.32 Å². The van der Waals surface area contributed by atoms with Crippen LogP contribution in [0.2, 0.25) is 0 Å². The highest BCUT2D eigenvalue weighted by Crippen LogP contribution is 2.23. The molecule has 0 aliphatic heterocycles. The van der Waals surface area contributed by atoms with Gasteiger partial charge in [-0.05, 0) is 36.6 Å². The van der Waals surface area contributed by atoms with E-state index in [0.717, 1.165) is 11.1 Å². The average molecular weight is 271 g/mol. The molecule has 2 atom stereocenters. The number of hydrogen-bond donors (Lipinski definition) is 3. The van der Waals surface area contributed by atoms with Crippen LogP contribution < -0.4 is 5.32 Å². The number of benzene rings is 2. The van der Waals surface area contributed by atoms with Gasteiger partial charge in [0.05, 0.1) is 0 Å². The van der Waals surface area contributed by atoms with E-state index in [2.05, 4.69) is 24.4 Å². The Hall–Kier alpha value is -1.84. The molecule has 0 heterocycles. The summed E-state index contributed by atoms with van der Waals surface area (Å²) in [5, 5.41) is 22.3. The van der Waals surface area contributed by atoms with Gasteiger partial charge in [0.15, 0.2) is 0 Å². The van der Waals surface area contributed by atoms with Crippen molar-refractivity contribution in [3.63, 3.8) is 0 Å². The van der Waals surface area contributed by atoms with Gasteiger partial charge in [0.1, 0.15) is 5.75 Å². The van der Waals surface area contributed by atoms with Gasteiger partial charge in [-0.15, -0.1) is 0 Å². The van der Waals surface area contributed by atoms with Gasteiger partial charge in [0, 0.05) is 18.7 Å². The van der Waals surface area contributed by atoms with E-state index in [-0.39, 0.29) is 24.4 Å². The normalized spacial score (nSPS) is 13.9. The van der Waals surface area contributed by atoms with E-state index in [1.54, 1.807) is 12.1 Å². The van der Waals surface area contributed by atoms with Crippen molar-refractivity contribution in [2.75, 3.05) is 6.61 Å². The second kappa shape index (κ2) is 7.08. The van der Waals surface area contributed by atoms with Crippen molar-refractivity contribution >= 4 is 0 Å². The van der Waals surface area contributed by atoms with Crippen LogP contribution in [-0.2, 0) is 0 Å². The van der Waals surface area contributed by atoms with Crippen LogP contribution in [0.5, 0.6) is 5.75 Å². The van der Waals surface area contributed by atoms with Crippen molar-refractivity contribution in [3.05, 3.63) is 65.7 Å². The number of nitrogens with one attached hydrogen (secondary N) is 1. The molecule has 3 heteroatoms. The third kappa shape index (κ3) is 3.83. The summed E-state index contributed by atoms with van der Waals surface area (Å²) in [7, 11) is 0. The highest BCUT2D eigenvalue weighted by atomic mass is 16.3. The smallest absolute Gasteiger partial charge is 0.115 e. The molecule has 2 rings (SSSR count). The van der Waals surface area contributed by atoms with Gasteiger partial charge in [0.25, 0.3) is 0 Å². The Morgan fingerprint density at radius 1 is 1.00 bits per heavy atom. The summed E-state index contributed by atoms with van der Waals surface area (Å²) in [6, 6.07) is 17.5. The molecule has 0 radical (unpaired) electrons. The molecule has 0 saturated carbocycles. The first-order valence-corrected chi connectivity index (χ1v) is 6.91. The maximum Gasteiger partial charge on any atom is 0.115 e. The first-order valence-electron chi connectivity index (χ1n) is 6.91. The zero-order valence-corrected chi connectivity index (χ0v) is 11.7. The molecule has 20 heavy (non-hydrogen) atoms. The summed E-state index contributed by atoms with van der Waals surface area (Å²) >= 11 is 0. The maximum absolute atomic E-state index is 9.55. The minimum Gasteiger partial charge on any atom is -0.508 e. The molecule has 3 N–H and O–H groups in total. The lowest BCUT2D eigenvalue weighted by molar-refractivity contribution is 0.260. The number of phenols is 1. The van der Waals surface area contributed by atoms with E-state index in [4.69, 9.17) is 0 Å². The van der Waals surface area contributed by atoms with E-state index >= 15 is 0 Å². The summed E-state index contributed by atoms with van der Waals surface area (Å²) < 4.78 is 0. The molecular formula is C17H21NO2. The molecule has 1 unspecified atom stereocenters. The van der Waals surface area contributed by atoms with Crippen molar-refractivity contribution in [3.8, 4) is 5.75 Å². The van der Waals surface area contributed by atoms with Crippen LogP contribution in [0.4, 0.5) is 0 Å². The zero-order chi connectivity index (χ0) is 14.4. The fourth-order valence-electron chi connectivity index (χ4n) is 2.35. The lowest BCUT2D eigenvalue weighted by Crippen LogP contribution is -2.25. The number of aromatic hydroxyl groups is 1. The van der Waals surface area contributed by atoms with Crippen molar-refractivity contribution in [2.45, 2.75) is 25.4 Å². The second-order valence-electron chi connectivity index (χ2n) is 4.96. The molecule has 2 aromatic carbocycles. The Bertz CT molecular complexity index is 528. The zero-order valence-electron chi connectivity index (χ0n) is 11.7. The molecule has 0 spiro atoms. The van der Waals surface area contributed by atoms with Crippen molar-refractivity contribution in [1.29, 1.82) is 0 Å². The van der Waals surface area contributed by atoms with Crippen LogP contribution in [0.25, 0.3) is 0 Å². The van der Waals surface area contributed by atoms with Gasteiger partial charge >= 0.3 is 0 Å². The molecule has 0 bridgehead atoms. The first-order chi connectivity index (χ1) is 9.70. The molecule has 106 valence electrons. The Balaban J connectivity index is 2.12. The molecule has 0 amide bonds. The summed E-state index contributed by atoms with van der Waals surface area (Å²) in [6.45, 7) is 2.20. The number of phenolic OH excluding ortho intramolecular Hbond substituents is 1. The van der Waals surface area contributed by atoms with Crippen LogP contribution in [0.15, 0.2) is 54.6 Å². The molecule has 0 aliphatic rings. The van der Waals surface area contributed by atoms with E-state index in [0.29, 0.717) is 6.42 Å². The Labute approximate surface area is 119 Å². The highest BCUT2D eigenvalue weighted by Gasteiger charge is 2.15. The minimum absolute atomic E-state index is 0.0959. The number of rotatable bonds is 6. The lowest BCUT2D eigenvalue weighted by atomic mass is 10.0. The second-order valence-corrected chi connectivity index (χ2v) is 4.96. The van der Waals surface area contributed by atoms with E-state index < -0.39 is 0 Å². The number of hydrogen-bond acceptors (Lipinski definition) is 3. The lowest BCUT2D eigenvalue weighted by Gasteiger charge is -2.23. The summed E-state index contributed by atoms with van der Waals surface area (Å²) in [5.74, 6) is 0.273. The largest absolute Gasteiger partial charge is 0.508 e. The van der Waals surface area contributed by atoms with Crippen LogP contribution >= 0.6 is 0 Å². The van der Waals surface area contributed by atoms with Gasteiger partial charge in [-0.2, -0.15) is 0 Å². The van der Waals surface area contributed by atoms with Gasteiger partial charge in [-0.1, -0.05) is 42.5 Å². The van der Waals surface area contributed by atoms with Gasteiger partial charge < -0.3 is 15.5 Å². The predicted molar refractivity (Wildman–Crippen MR) is 80.5 cm³/mol. The quantitative estimate of drug-likeness (QED) is 0.756.